The lowest BCUT2D eigenvalue weighted by molar-refractivity contribution is -0.137. The Hall–Kier alpha value is -3.09. The van der Waals surface area contributed by atoms with E-state index in [1.165, 1.54) is 30.4 Å². The highest BCUT2D eigenvalue weighted by atomic mass is 19.4. The number of hydrogen-bond acceptors (Lipinski definition) is 3. The maximum absolute atomic E-state index is 12.5. The maximum atomic E-state index is 12.5. The Bertz CT molecular complexity index is 855. The molecule has 3 rings (SSSR count). The lowest BCUT2D eigenvalue weighted by Crippen LogP contribution is -2.25. The van der Waals surface area contributed by atoms with Gasteiger partial charge in [-0.1, -0.05) is 18.2 Å². The van der Waals surface area contributed by atoms with Gasteiger partial charge in [0, 0.05) is 5.56 Å². The molecule has 0 aromatic heterocycles. The number of carbonyl (C=O) groups excluding carboxylic acids is 2. The smallest absolute Gasteiger partial charge is 0.416 e. The van der Waals surface area contributed by atoms with Gasteiger partial charge in [-0.3, -0.25) is 9.59 Å². The summed E-state index contributed by atoms with van der Waals surface area (Å²) in [4.78, 5) is 23.5. The molecule has 0 saturated heterocycles. The van der Waals surface area contributed by atoms with Crippen LogP contribution in [0.1, 0.15) is 21.5 Å². The Morgan fingerprint density at radius 3 is 2.52 bits per heavy atom. The van der Waals surface area contributed by atoms with Gasteiger partial charge < -0.3 is 10.1 Å². The summed E-state index contributed by atoms with van der Waals surface area (Å²) in [7, 11) is 0. The van der Waals surface area contributed by atoms with Crippen LogP contribution in [0.4, 0.5) is 18.9 Å². The largest absolute Gasteiger partial charge is 0.482 e. The lowest BCUT2D eigenvalue weighted by atomic mass is 10.1. The molecule has 1 amide bonds. The van der Waals surface area contributed by atoms with Crippen LogP contribution < -0.4 is 10.1 Å². The van der Waals surface area contributed by atoms with Gasteiger partial charge in [0.1, 0.15) is 5.75 Å². The Morgan fingerprint density at radius 1 is 1.12 bits per heavy atom. The fourth-order valence-corrected chi connectivity index (χ4v) is 2.29. The fraction of sp³-hybridized carbons (Fsp3) is 0.111. The number of benzene rings is 2. The van der Waals surface area contributed by atoms with Crippen molar-refractivity contribution in [2.45, 2.75) is 6.18 Å². The van der Waals surface area contributed by atoms with Crippen LogP contribution in [0.5, 0.6) is 5.75 Å². The summed E-state index contributed by atoms with van der Waals surface area (Å²) in [6, 6.07) is 9.10. The van der Waals surface area contributed by atoms with Crippen LogP contribution in [0.15, 0.2) is 48.5 Å². The third kappa shape index (κ3) is 3.88. The minimum Gasteiger partial charge on any atom is -0.482 e. The van der Waals surface area contributed by atoms with Crippen molar-refractivity contribution in [2.75, 3.05) is 11.9 Å². The molecule has 1 aliphatic rings. The first-order valence-corrected chi connectivity index (χ1v) is 7.29. The molecule has 0 atom stereocenters. The van der Waals surface area contributed by atoms with E-state index in [1.807, 2.05) is 0 Å². The van der Waals surface area contributed by atoms with Gasteiger partial charge in [0.25, 0.3) is 5.91 Å². The maximum Gasteiger partial charge on any atom is 0.416 e. The summed E-state index contributed by atoms with van der Waals surface area (Å²) in [6.45, 7) is -0.0753. The highest BCUT2D eigenvalue weighted by Gasteiger charge is 2.29. The van der Waals surface area contributed by atoms with E-state index in [0.29, 0.717) is 22.6 Å². The average Bonchev–Trinajstić information content (AvgIpc) is 2.58. The van der Waals surface area contributed by atoms with Crippen molar-refractivity contribution in [2.24, 2.45) is 0 Å². The minimum atomic E-state index is -4.40. The number of ketones is 1. The van der Waals surface area contributed by atoms with Gasteiger partial charge in [0.2, 0.25) is 0 Å². The Kier molecular flexibility index (Phi) is 4.31. The first-order valence-electron chi connectivity index (χ1n) is 7.29. The van der Waals surface area contributed by atoms with Crippen molar-refractivity contribution in [3.8, 4) is 5.75 Å². The van der Waals surface area contributed by atoms with Crippen LogP contribution in [0.2, 0.25) is 0 Å². The standard InChI is InChI=1S/C18H12F3NO3/c19-18(20,21)13-5-1-11(2-6-13)3-7-15(23)12-4-8-16-14(9-12)22-17(24)10-25-16/h1-9H,10H2,(H,22,24). The van der Waals surface area contributed by atoms with E-state index in [4.69, 9.17) is 4.74 Å². The van der Waals surface area contributed by atoms with E-state index < -0.39 is 11.7 Å². The molecule has 0 saturated carbocycles. The summed E-state index contributed by atoms with van der Waals surface area (Å²) >= 11 is 0. The van der Waals surface area contributed by atoms with Crippen LogP contribution in [-0.2, 0) is 11.0 Å². The molecule has 0 spiro atoms. The van der Waals surface area contributed by atoms with Crippen LogP contribution in [0.3, 0.4) is 0 Å². The Morgan fingerprint density at radius 2 is 1.84 bits per heavy atom. The first kappa shape index (κ1) is 16.8. The molecule has 25 heavy (non-hydrogen) atoms. The van der Waals surface area contributed by atoms with Crippen molar-refractivity contribution in [1.29, 1.82) is 0 Å². The van der Waals surface area contributed by atoms with Crippen molar-refractivity contribution >= 4 is 23.5 Å². The Balaban J connectivity index is 1.75. The number of alkyl halides is 3. The zero-order chi connectivity index (χ0) is 18.0. The Labute approximate surface area is 140 Å². The van der Waals surface area contributed by atoms with Gasteiger partial charge in [-0.15, -0.1) is 0 Å². The molecule has 0 bridgehead atoms. The second-order valence-electron chi connectivity index (χ2n) is 5.37. The molecule has 0 aliphatic carbocycles. The molecule has 2 aromatic carbocycles. The highest BCUT2D eigenvalue weighted by molar-refractivity contribution is 6.08. The van der Waals surface area contributed by atoms with Gasteiger partial charge in [0.15, 0.2) is 12.4 Å². The molecule has 2 aromatic rings. The highest BCUT2D eigenvalue weighted by Crippen LogP contribution is 2.30. The zero-order valence-corrected chi connectivity index (χ0v) is 12.8. The topological polar surface area (TPSA) is 55.4 Å². The second kappa shape index (κ2) is 6.43. The second-order valence-corrected chi connectivity index (χ2v) is 5.37. The van der Waals surface area contributed by atoms with Crippen molar-refractivity contribution in [1.82, 2.24) is 0 Å². The molecule has 1 aliphatic heterocycles. The van der Waals surface area contributed by atoms with Crippen molar-refractivity contribution < 1.29 is 27.5 Å². The number of amides is 1. The first-order chi connectivity index (χ1) is 11.8. The van der Waals surface area contributed by atoms with E-state index in [0.717, 1.165) is 12.1 Å². The predicted molar refractivity (Wildman–Crippen MR) is 85.4 cm³/mol. The number of rotatable bonds is 3. The van der Waals surface area contributed by atoms with Crippen molar-refractivity contribution in [3.63, 3.8) is 0 Å². The number of hydrogen-bond donors (Lipinski definition) is 1. The molecule has 4 nitrogen and oxygen atoms in total. The molecule has 1 N–H and O–H groups in total. The zero-order valence-electron chi connectivity index (χ0n) is 12.8. The summed E-state index contributed by atoms with van der Waals surface area (Å²) in [6.07, 6.45) is -1.71. The molecular weight excluding hydrogens is 335 g/mol. The fourth-order valence-electron chi connectivity index (χ4n) is 2.29. The average molecular weight is 347 g/mol. The molecule has 128 valence electrons. The summed E-state index contributed by atoms with van der Waals surface area (Å²) in [5, 5.41) is 2.60. The molecule has 7 heteroatoms. The predicted octanol–water partition coefficient (Wildman–Crippen LogP) is 3.93. The number of nitrogens with one attached hydrogen (secondary N) is 1. The van der Waals surface area contributed by atoms with Crippen LogP contribution in [-0.4, -0.2) is 18.3 Å². The number of carbonyl (C=O) groups is 2. The number of allylic oxidation sites excluding steroid dienone is 1. The lowest BCUT2D eigenvalue weighted by Gasteiger charge is -2.17. The molecule has 0 fully saturated rings. The van der Waals surface area contributed by atoms with E-state index in [2.05, 4.69) is 5.32 Å². The van der Waals surface area contributed by atoms with Crippen LogP contribution in [0, 0.1) is 0 Å². The number of fused-ring (bicyclic) bond motifs is 1. The summed E-state index contributed by atoms with van der Waals surface area (Å²) in [5.41, 5.74) is 0.454. The minimum absolute atomic E-state index is 0.0753. The normalized spacial score (nSPS) is 14.0. The van der Waals surface area contributed by atoms with Crippen LogP contribution >= 0.6 is 0 Å². The third-order valence-corrected chi connectivity index (χ3v) is 3.56. The van der Waals surface area contributed by atoms with Gasteiger partial charge in [-0.2, -0.15) is 13.2 Å². The van der Waals surface area contributed by atoms with Gasteiger partial charge in [0.05, 0.1) is 11.3 Å². The number of anilines is 1. The summed E-state index contributed by atoms with van der Waals surface area (Å²) in [5.74, 6) is -0.178. The van der Waals surface area contributed by atoms with Gasteiger partial charge >= 0.3 is 6.18 Å². The molecular formula is C18H12F3NO3. The molecule has 0 radical (unpaired) electrons. The van der Waals surface area contributed by atoms with E-state index in [-0.39, 0.29) is 18.3 Å². The molecule has 1 heterocycles. The monoisotopic (exact) mass is 347 g/mol. The van der Waals surface area contributed by atoms with Gasteiger partial charge in [-0.25, -0.2) is 0 Å². The SMILES string of the molecule is O=C1COc2ccc(C(=O)C=Cc3ccc(C(F)(F)F)cc3)cc2N1. The number of halogens is 3. The van der Waals surface area contributed by atoms with Crippen LogP contribution in [0.25, 0.3) is 6.08 Å². The van der Waals surface area contributed by atoms with Gasteiger partial charge in [-0.05, 0) is 42.0 Å². The van der Waals surface area contributed by atoms with E-state index >= 15 is 0 Å². The van der Waals surface area contributed by atoms with E-state index in [9.17, 15) is 22.8 Å². The number of ether oxygens (including phenoxy) is 1. The summed E-state index contributed by atoms with van der Waals surface area (Å²) < 4.78 is 42.7. The molecule has 0 unspecified atom stereocenters. The quantitative estimate of drug-likeness (QED) is 0.676. The van der Waals surface area contributed by atoms with E-state index in [1.54, 1.807) is 12.1 Å². The van der Waals surface area contributed by atoms with Crippen molar-refractivity contribution in [3.05, 3.63) is 65.2 Å². The third-order valence-electron chi connectivity index (χ3n) is 3.56.